The summed E-state index contributed by atoms with van der Waals surface area (Å²) in [6.45, 7) is 8.71. The van der Waals surface area contributed by atoms with Gasteiger partial charge in [-0.1, -0.05) is 0 Å². The number of nitrogens with one attached hydrogen (secondary N) is 1. The van der Waals surface area contributed by atoms with Crippen molar-refractivity contribution in [3.63, 3.8) is 0 Å². The molecule has 1 atom stereocenters. The zero-order chi connectivity index (χ0) is 13.0. The normalized spacial score (nSPS) is 25.6. The molecule has 0 saturated carbocycles. The molecule has 2 saturated heterocycles. The minimum Gasteiger partial charge on any atom is -0.381 e. The molecule has 2 heterocycles. The lowest BCUT2D eigenvalue weighted by Gasteiger charge is -2.33. The van der Waals surface area contributed by atoms with Gasteiger partial charge in [-0.2, -0.15) is 0 Å². The Morgan fingerprint density at radius 1 is 1.39 bits per heavy atom. The highest BCUT2D eigenvalue weighted by atomic mass is 16.5. The van der Waals surface area contributed by atoms with Crippen molar-refractivity contribution >= 4 is 5.91 Å². The molecule has 104 valence electrons. The van der Waals surface area contributed by atoms with Crippen LogP contribution in [0.15, 0.2) is 0 Å². The maximum absolute atomic E-state index is 12.2. The fourth-order valence-corrected chi connectivity index (χ4v) is 2.84. The predicted molar refractivity (Wildman–Crippen MR) is 71.4 cm³/mol. The van der Waals surface area contributed by atoms with Gasteiger partial charge in [-0.05, 0) is 58.5 Å². The van der Waals surface area contributed by atoms with Gasteiger partial charge in [0.15, 0.2) is 0 Å². The van der Waals surface area contributed by atoms with Gasteiger partial charge in [0, 0.05) is 19.8 Å². The van der Waals surface area contributed by atoms with E-state index in [0.717, 1.165) is 45.7 Å². The van der Waals surface area contributed by atoms with Crippen molar-refractivity contribution in [2.45, 2.75) is 45.1 Å². The van der Waals surface area contributed by atoms with Crippen LogP contribution in [0.1, 0.15) is 39.5 Å². The Morgan fingerprint density at radius 3 is 2.72 bits per heavy atom. The molecule has 4 nitrogen and oxygen atoms in total. The molecular weight excluding hydrogens is 228 g/mol. The summed E-state index contributed by atoms with van der Waals surface area (Å²) in [5.74, 6) is 0.809. The third-order valence-corrected chi connectivity index (χ3v) is 4.31. The van der Waals surface area contributed by atoms with Crippen molar-refractivity contribution in [3.8, 4) is 0 Å². The topological polar surface area (TPSA) is 41.6 Å². The lowest BCUT2D eigenvalue weighted by molar-refractivity contribution is -0.131. The van der Waals surface area contributed by atoms with Crippen molar-refractivity contribution in [1.29, 1.82) is 0 Å². The van der Waals surface area contributed by atoms with Gasteiger partial charge in [0.1, 0.15) is 0 Å². The smallest absolute Gasteiger partial charge is 0.239 e. The molecule has 0 bridgehead atoms. The first kappa shape index (κ1) is 13.8. The number of carbonyl (C=O) groups is 1. The summed E-state index contributed by atoms with van der Waals surface area (Å²) in [4.78, 5) is 14.5. The van der Waals surface area contributed by atoms with Gasteiger partial charge >= 0.3 is 0 Å². The SMILES string of the molecule is CC(C)(C(=O)NCC[C@H]1CCOC1)N1CCCC1. The molecule has 2 fully saturated rings. The molecule has 0 aromatic heterocycles. The number of ether oxygens (including phenoxy) is 1. The maximum Gasteiger partial charge on any atom is 0.239 e. The minimum absolute atomic E-state index is 0.170. The Kier molecular flexibility index (Phi) is 4.62. The molecular formula is C14H26N2O2. The molecule has 0 spiro atoms. The molecule has 1 N–H and O–H groups in total. The van der Waals surface area contributed by atoms with Crippen LogP contribution in [0.25, 0.3) is 0 Å². The third kappa shape index (κ3) is 3.23. The van der Waals surface area contributed by atoms with Crippen molar-refractivity contribution < 1.29 is 9.53 Å². The Bertz CT molecular complexity index is 280. The average molecular weight is 254 g/mol. The van der Waals surface area contributed by atoms with E-state index in [0.29, 0.717) is 5.92 Å². The molecule has 0 radical (unpaired) electrons. The number of carbonyl (C=O) groups excluding carboxylic acids is 1. The highest BCUT2D eigenvalue weighted by Crippen LogP contribution is 2.21. The summed E-state index contributed by atoms with van der Waals surface area (Å²) in [6, 6.07) is 0. The van der Waals surface area contributed by atoms with E-state index in [1.54, 1.807) is 0 Å². The van der Waals surface area contributed by atoms with E-state index in [9.17, 15) is 4.79 Å². The summed E-state index contributed by atoms with van der Waals surface area (Å²) in [7, 11) is 0. The first-order valence-corrected chi connectivity index (χ1v) is 7.22. The Labute approximate surface area is 110 Å². The van der Waals surface area contributed by atoms with Gasteiger partial charge in [0.25, 0.3) is 0 Å². The molecule has 4 heteroatoms. The summed E-state index contributed by atoms with van der Waals surface area (Å²) >= 11 is 0. The quantitative estimate of drug-likeness (QED) is 0.806. The predicted octanol–water partition coefficient (Wildman–Crippen LogP) is 1.40. The second-order valence-corrected chi connectivity index (χ2v) is 6.03. The van der Waals surface area contributed by atoms with Crippen molar-refractivity contribution in [1.82, 2.24) is 10.2 Å². The molecule has 0 aromatic rings. The van der Waals surface area contributed by atoms with E-state index >= 15 is 0 Å². The van der Waals surface area contributed by atoms with E-state index in [2.05, 4.69) is 10.2 Å². The van der Waals surface area contributed by atoms with Crippen LogP contribution in [-0.4, -0.2) is 49.2 Å². The largest absolute Gasteiger partial charge is 0.381 e. The van der Waals surface area contributed by atoms with E-state index in [1.807, 2.05) is 13.8 Å². The van der Waals surface area contributed by atoms with Crippen molar-refractivity contribution in [2.24, 2.45) is 5.92 Å². The first-order valence-electron chi connectivity index (χ1n) is 7.22. The lowest BCUT2D eigenvalue weighted by Crippen LogP contribution is -2.54. The van der Waals surface area contributed by atoms with Gasteiger partial charge in [0.2, 0.25) is 5.91 Å². The zero-order valence-corrected chi connectivity index (χ0v) is 11.7. The van der Waals surface area contributed by atoms with E-state index < -0.39 is 0 Å². The Balaban J connectivity index is 1.72. The van der Waals surface area contributed by atoms with Gasteiger partial charge in [-0.25, -0.2) is 0 Å². The Hall–Kier alpha value is -0.610. The zero-order valence-electron chi connectivity index (χ0n) is 11.7. The second-order valence-electron chi connectivity index (χ2n) is 6.03. The molecule has 0 aliphatic carbocycles. The van der Waals surface area contributed by atoms with Crippen LogP contribution in [0.4, 0.5) is 0 Å². The van der Waals surface area contributed by atoms with E-state index in [-0.39, 0.29) is 11.4 Å². The Morgan fingerprint density at radius 2 is 2.11 bits per heavy atom. The summed E-state index contributed by atoms with van der Waals surface area (Å²) < 4.78 is 5.34. The van der Waals surface area contributed by atoms with Gasteiger partial charge in [0.05, 0.1) is 5.54 Å². The summed E-state index contributed by atoms with van der Waals surface area (Å²) in [5, 5.41) is 3.09. The van der Waals surface area contributed by atoms with Crippen LogP contribution >= 0.6 is 0 Å². The van der Waals surface area contributed by atoms with Crippen molar-refractivity contribution in [3.05, 3.63) is 0 Å². The van der Waals surface area contributed by atoms with Gasteiger partial charge in [-0.15, -0.1) is 0 Å². The molecule has 18 heavy (non-hydrogen) atoms. The molecule has 0 aromatic carbocycles. The minimum atomic E-state index is -0.358. The highest BCUT2D eigenvalue weighted by Gasteiger charge is 2.35. The maximum atomic E-state index is 12.2. The molecule has 0 unspecified atom stereocenters. The van der Waals surface area contributed by atoms with Crippen LogP contribution in [-0.2, 0) is 9.53 Å². The number of hydrogen-bond donors (Lipinski definition) is 1. The van der Waals surface area contributed by atoms with Gasteiger partial charge in [-0.3, -0.25) is 9.69 Å². The number of rotatable bonds is 5. The number of amides is 1. The molecule has 2 rings (SSSR count). The number of likely N-dealkylation sites (tertiary alicyclic amines) is 1. The summed E-state index contributed by atoms with van der Waals surface area (Å²) in [6.07, 6.45) is 4.62. The molecule has 2 aliphatic heterocycles. The standard InChI is InChI=1S/C14H26N2O2/c1-14(2,16-8-3-4-9-16)13(17)15-7-5-12-6-10-18-11-12/h12H,3-11H2,1-2H3,(H,15,17)/t12-/m0/s1. The van der Waals surface area contributed by atoms with Gasteiger partial charge < -0.3 is 10.1 Å². The average Bonchev–Trinajstić information content (AvgIpc) is 3.02. The monoisotopic (exact) mass is 254 g/mol. The van der Waals surface area contributed by atoms with E-state index in [1.165, 1.54) is 12.8 Å². The van der Waals surface area contributed by atoms with Crippen LogP contribution in [0, 0.1) is 5.92 Å². The number of nitrogens with zero attached hydrogens (tertiary/aromatic N) is 1. The highest BCUT2D eigenvalue weighted by molar-refractivity contribution is 5.85. The fraction of sp³-hybridized carbons (Fsp3) is 0.929. The van der Waals surface area contributed by atoms with E-state index in [4.69, 9.17) is 4.74 Å². The van der Waals surface area contributed by atoms with Crippen LogP contribution in [0.3, 0.4) is 0 Å². The fourth-order valence-electron chi connectivity index (χ4n) is 2.84. The third-order valence-electron chi connectivity index (χ3n) is 4.31. The lowest BCUT2D eigenvalue weighted by atomic mass is 10.0. The van der Waals surface area contributed by atoms with Crippen molar-refractivity contribution in [2.75, 3.05) is 32.8 Å². The molecule has 1 amide bonds. The van der Waals surface area contributed by atoms with Crippen LogP contribution in [0.5, 0.6) is 0 Å². The van der Waals surface area contributed by atoms with Crippen LogP contribution in [0.2, 0.25) is 0 Å². The first-order chi connectivity index (χ1) is 8.60. The number of hydrogen-bond acceptors (Lipinski definition) is 3. The summed E-state index contributed by atoms with van der Waals surface area (Å²) in [5.41, 5.74) is -0.358. The molecule has 2 aliphatic rings. The van der Waals surface area contributed by atoms with Crippen LogP contribution < -0.4 is 5.32 Å². The second kappa shape index (κ2) is 6.02.